The first-order chi connectivity index (χ1) is 28.7. The van der Waals surface area contributed by atoms with Crippen LogP contribution in [0.3, 0.4) is 0 Å². The molecule has 4 heteroatoms. The maximum absolute atomic E-state index is 12.5. The predicted molar refractivity (Wildman–Crippen MR) is 285 cm³/mol. The van der Waals surface area contributed by atoms with Gasteiger partial charge in [0.15, 0.2) is 0 Å². The molecule has 0 aliphatic rings. The zero-order valence-corrected chi connectivity index (χ0v) is 45.4. The summed E-state index contributed by atoms with van der Waals surface area (Å²) in [5, 5.41) is 0.180. The van der Waals surface area contributed by atoms with Crippen molar-refractivity contribution in [1.82, 2.24) is 0 Å². The fourth-order valence-corrected chi connectivity index (χ4v) is 8.58. The molecule has 0 aliphatic carbocycles. The lowest BCUT2D eigenvalue weighted by atomic mass is 9.83. The number of benzene rings is 5. The van der Waals surface area contributed by atoms with E-state index in [2.05, 4.69) is 211 Å². The van der Waals surface area contributed by atoms with Crippen LogP contribution in [0.2, 0.25) is 5.02 Å². The van der Waals surface area contributed by atoms with Crippen LogP contribution in [0.5, 0.6) is 0 Å². The minimum absolute atomic E-state index is 0. The highest BCUT2D eigenvalue weighted by molar-refractivity contribution is 6.31. The Balaban J connectivity index is 0.000000789. The quantitative estimate of drug-likeness (QED) is 0.145. The molecule has 0 bridgehead atoms. The maximum atomic E-state index is 12.5. The highest BCUT2D eigenvalue weighted by atomic mass is 35.5. The van der Waals surface area contributed by atoms with E-state index in [1.54, 1.807) is 6.92 Å². The van der Waals surface area contributed by atoms with Crippen LogP contribution in [0, 0.1) is 62.3 Å². The average Bonchev–Trinajstić information content (AvgIpc) is 3.10. The van der Waals surface area contributed by atoms with Gasteiger partial charge in [0.25, 0.3) is 0 Å². The zero-order chi connectivity index (χ0) is 50.1. The molecule has 65 heavy (non-hydrogen) atoms. The molecule has 0 fully saturated rings. The Hall–Kier alpha value is -3.82. The fraction of sp³-hybridized carbons (Fsp3) is 0.508. The first-order valence-electron chi connectivity index (χ1n) is 22.9. The minimum atomic E-state index is -4.34. The summed E-state index contributed by atoms with van der Waals surface area (Å²) >= 11 is 5.93. The average molecular weight is 916 g/mol. The summed E-state index contributed by atoms with van der Waals surface area (Å²) in [6.07, 6.45) is -4.34. The van der Waals surface area contributed by atoms with E-state index in [0.29, 0.717) is 5.56 Å². The molecule has 0 saturated carbocycles. The number of alkyl halides is 3. The third-order valence-electron chi connectivity index (χ3n) is 11.2. The van der Waals surface area contributed by atoms with E-state index >= 15 is 0 Å². The second-order valence-corrected chi connectivity index (χ2v) is 23.6. The first-order valence-corrected chi connectivity index (χ1v) is 23.2. The van der Waals surface area contributed by atoms with Crippen molar-refractivity contribution in [2.45, 2.75) is 207 Å². The van der Waals surface area contributed by atoms with E-state index in [0.717, 1.165) is 17.7 Å². The van der Waals surface area contributed by atoms with Crippen LogP contribution >= 0.6 is 11.6 Å². The molecule has 5 rings (SSSR count). The largest absolute Gasteiger partial charge is 0.416 e. The lowest BCUT2D eigenvalue weighted by Gasteiger charge is -2.24. The van der Waals surface area contributed by atoms with Crippen molar-refractivity contribution >= 4 is 11.6 Å². The van der Waals surface area contributed by atoms with Gasteiger partial charge in [0.05, 0.1) is 5.56 Å². The van der Waals surface area contributed by atoms with E-state index < -0.39 is 11.7 Å². The number of hydrogen-bond acceptors (Lipinski definition) is 0. The van der Waals surface area contributed by atoms with Crippen LogP contribution in [0.25, 0.3) is 0 Å². The molecule has 0 unspecified atom stereocenters. The molecule has 5 aromatic rings. The van der Waals surface area contributed by atoms with E-state index in [1.807, 2.05) is 20.8 Å². The Kier molecular flexibility index (Phi) is 22.4. The molecule has 0 saturated heterocycles. The summed E-state index contributed by atoms with van der Waals surface area (Å²) in [5.41, 5.74) is 18.3. The Bertz CT molecular complexity index is 2000. The summed E-state index contributed by atoms with van der Waals surface area (Å²) < 4.78 is 37.6. The summed E-state index contributed by atoms with van der Waals surface area (Å²) in [6, 6.07) is 28.8. The Morgan fingerprint density at radius 3 is 0.708 bits per heavy atom. The van der Waals surface area contributed by atoms with Crippen LogP contribution in [0.1, 0.15) is 195 Å². The highest BCUT2D eigenvalue weighted by Gasteiger charge is 2.33. The lowest BCUT2D eigenvalue weighted by molar-refractivity contribution is -0.137. The van der Waals surface area contributed by atoms with Crippen molar-refractivity contribution in [1.29, 1.82) is 0 Å². The second-order valence-electron chi connectivity index (χ2n) is 23.2. The Labute approximate surface area is 403 Å². The summed E-state index contributed by atoms with van der Waals surface area (Å²) in [4.78, 5) is 0. The van der Waals surface area contributed by atoms with Crippen LogP contribution in [0.4, 0.5) is 13.2 Å². The monoisotopic (exact) mass is 915 g/mol. The fourth-order valence-electron chi connectivity index (χ4n) is 8.03. The van der Waals surface area contributed by atoms with Crippen molar-refractivity contribution in [2.24, 2.45) is 0 Å². The van der Waals surface area contributed by atoms with Gasteiger partial charge in [0, 0.05) is 5.02 Å². The Morgan fingerprint density at radius 1 is 0.323 bits per heavy atom. The highest BCUT2D eigenvalue weighted by Crippen LogP contribution is 2.38. The van der Waals surface area contributed by atoms with Gasteiger partial charge in [-0.25, -0.2) is 0 Å². The Morgan fingerprint density at radius 2 is 0.554 bits per heavy atom. The van der Waals surface area contributed by atoms with E-state index in [9.17, 15) is 13.2 Å². The van der Waals surface area contributed by atoms with E-state index in [1.165, 1.54) is 66.8 Å². The number of aryl methyl sites for hydroxylation is 9. The topological polar surface area (TPSA) is 0 Å². The van der Waals surface area contributed by atoms with Gasteiger partial charge < -0.3 is 0 Å². The molecule has 0 radical (unpaired) electrons. The molecular weight excluding hydrogens is 825 g/mol. The summed E-state index contributed by atoms with van der Waals surface area (Å²) in [6.45, 7) is 51.8. The molecule has 0 aromatic heterocycles. The van der Waals surface area contributed by atoms with Gasteiger partial charge >= 0.3 is 6.18 Å². The summed E-state index contributed by atoms with van der Waals surface area (Å²) in [5.74, 6) is 0. The molecule has 362 valence electrons. The molecule has 0 N–H and O–H groups in total. The van der Waals surface area contributed by atoms with Crippen LogP contribution in [-0.4, -0.2) is 0 Å². The predicted octanol–water partition coefficient (Wildman–Crippen LogP) is 20.0. The van der Waals surface area contributed by atoms with Gasteiger partial charge in [0.2, 0.25) is 0 Å². The van der Waals surface area contributed by atoms with Gasteiger partial charge in [-0.3, -0.25) is 0 Å². The second kappa shape index (κ2) is 23.8. The third kappa shape index (κ3) is 20.3. The third-order valence-corrected chi connectivity index (χ3v) is 11.5. The zero-order valence-electron chi connectivity index (χ0n) is 44.6. The molecule has 0 aliphatic heterocycles. The molecule has 0 nitrogen and oxygen atoms in total. The molecule has 5 aromatic carbocycles. The first kappa shape index (κ1) is 61.2. The van der Waals surface area contributed by atoms with Crippen molar-refractivity contribution in [3.63, 3.8) is 0 Å². The van der Waals surface area contributed by atoms with E-state index in [4.69, 9.17) is 11.6 Å². The number of halogens is 4. The van der Waals surface area contributed by atoms with E-state index in [-0.39, 0.29) is 39.5 Å². The molecule has 0 heterocycles. The van der Waals surface area contributed by atoms with Crippen molar-refractivity contribution in [3.8, 4) is 0 Å². The van der Waals surface area contributed by atoms with Crippen molar-refractivity contribution in [2.75, 3.05) is 0 Å². The van der Waals surface area contributed by atoms with Gasteiger partial charge in [-0.1, -0.05) is 218 Å². The molecular formula is C61H90ClF3. The van der Waals surface area contributed by atoms with Gasteiger partial charge in [-0.05, 0) is 157 Å². The van der Waals surface area contributed by atoms with Crippen LogP contribution < -0.4 is 0 Å². The van der Waals surface area contributed by atoms with Gasteiger partial charge in [-0.15, -0.1) is 0 Å². The van der Waals surface area contributed by atoms with Crippen LogP contribution in [0.15, 0.2) is 84.9 Å². The van der Waals surface area contributed by atoms with Crippen molar-refractivity contribution in [3.05, 3.63) is 173 Å². The minimum Gasteiger partial charge on any atom is -0.166 e. The number of rotatable bonds is 0. The lowest BCUT2D eigenvalue weighted by Crippen LogP contribution is -2.15. The maximum Gasteiger partial charge on any atom is 0.416 e. The molecule has 0 atom stereocenters. The smallest absolute Gasteiger partial charge is 0.166 e. The SMILES string of the molecule is C.Cc1cc(C(F)(F)F)cc(Cl)c1C(C)(C)C.Cc1ccc(C)c(C(C)(C)C)c1.Cc1ccc(C)c(C(C)(C)C)c1.Cc1ccc(C)c(C(C)(C)C)c1.Cc1ccc(C)c(C(C)(C)C)c1. The molecule has 0 amide bonds. The van der Waals surface area contributed by atoms with Crippen LogP contribution in [-0.2, 0) is 33.3 Å². The summed E-state index contributed by atoms with van der Waals surface area (Å²) in [7, 11) is 0. The number of hydrogen-bond donors (Lipinski definition) is 0. The van der Waals surface area contributed by atoms with Crippen molar-refractivity contribution < 1.29 is 13.2 Å². The normalized spacial score (nSPS) is 11.9. The van der Waals surface area contributed by atoms with Gasteiger partial charge in [-0.2, -0.15) is 13.2 Å². The van der Waals surface area contributed by atoms with Gasteiger partial charge in [0.1, 0.15) is 0 Å². The standard InChI is InChI=1S/C12H14ClF3.4C12H18.CH4/c1-7-5-8(12(14,15)16)6-9(13)10(7)11(2,3)4;4*1-9-6-7-10(2)11(8-9)12(3,4)5;/h5-6H,1-4H3;4*6-8H,1-5H3;1H4. The molecule has 0 spiro atoms.